The van der Waals surface area contributed by atoms with Crippen LogP contribution in [0.15, 0.2) is 23.0 Å². The van der Waals surface area contributed by atoms with Gasteiger partial charge < -0.3 is 10.1 Å². The van der Waals surface area contributed by atoms with Crippen LogP contribution in [0.1, 0.15) is 58.4 Å². The summed E-state index contributed by atoms with van der Waals surface area (Å²) < 4.78 is 20.5. The molecule has 1 fully saturated rings. The molecule has 1 aliphatic rings. The summed E-state index contributed by atoms with van der Waals surface area (Å²) in [4.78, 5) is 29.8. The van der Waals surface area contributed by atoms with Crippen LogP contribution in [0.25, 0.3) is 10.9 Å². The van der Waals surface area contributed by atoms with E-state index in [1.54, 1.807) is 39.0 Å². The van der Waals surface area contributed by atoms with Gasteiger partial charge in [-0.1, -0.05) is 24.6 Å². The van der Waals surface area contributed by atoms with E-state index in [0.29, 0.717) is 17.8 Å². The van der Waals surface area contributed by atoms with Crippen molar-refractivity contribution < 1.29 is 13.9 Å². The van der Waals surface area contributed by atoms with Gasteiger partial charge in [0.15, 0.2) is 0 Å². The Balaban J connectivity index is 2.08. The Hall–Kier alpha value is -2.15. The minimum Gasteiger partial charge on any atom is -0.444 e. The summed E-state index contributed by atoms with van der Waals surface area (Å²) in [6, 6.07) is 3.80. The number of aromatic nitrogens is 2. The fourth-order valence-electron chi connectivity index (χ4n) is 3.00. The summed E-state index contributed by atoms with van der Waals surface area (Å²) in [7, 11) is 0. The van der Waals surface area contributed by atoms with Crippen LogP contribution in [-0.2, 0) is 4.74 Å². The number of carbonyl (C=O) groups is 1. The summed E-state index contributed by atoms with van der Waals surface area (Å²) in [5.74, 6) is 0.313. The number of hydrogen-bond donors (Lipinski definition) is 1. The normalized spacial score (nSPS) is 20.4. The van der Waals surface area contributed by atoms with Crippen molar-refractivity contribution in [2.75, 3.05) is 0 Å². The van der Waals surface area contributed by atoms with Crippen LogP contribution in [0.3, 0.4) is 0 Å². The summed E-state index contributed by atoms with van der Waals surface area (Å²) in [6.07, 6.45) is -1.02. The lowest BCUT2D eigenvalue weighted by Gasteiger charge is -2.24. The molecule has 0 bridgehead atoms. The van der Waals surface area contributed by atoms with Crippen molar-refractivity contribution in [1.29, 1.82) is 0 Å². The molecule has 1 amide bonds. The second kappa shape index (κ2) is 7.11. The Labute approximate surface area is 161 Å². The Bertz CT molecular complexity index is 938. The van der Waals surface area contributed by atoms with Crippen molar-refractivity contribution in [1.82, 2.24) is 14.9 Å². The highest BCUT2D eigenvalue weighted by Gasteiger charge is 2.42. The standard InChI is InChI=1S/C19H23ClFN3O3/c1-5-12(23-18(26)27-19(2,3)4)16-22-13-8-6-7-10(20)15(13)17(25)24(16)14-9-11(14)21/h6-8,11-12,14H,5,9H2,1-4H3,(H,23,26)/t11-,12-,14+/m0/s1. The molecule has 1 N–H and O–H groups in total. The zero-order valence-electron chi connectivity index (χ0n) is 15.8. The van der Waals surface area contributed by atoms with Crippen LogP contribution < -0.4 is 10.9 Å². The van der Waals surface area contributed by atoms with Gasteiger partial charge in [-0.15, -0.1) is 0 Å². The molecule has 0 saturated heterocycles. The lowest BCUT2D eigenvalue weighted by molar-refractivity contribution is 0.0498. The van der Waals surface area contributed by atoms with E-state index in [4.69, 9.17) is 16.3 Å². The van der Waals surface area contributed by atoms with E-state index in [2.05, 4.69) is 10.3 Å². The molecule has 0 radical (unpaired) electrons. The number of amides is 1. The molecule has 0 unspecified atom stereocenters. The molecule has 0 spiro atoms. The van der Waals surface area contributed by atoms with Gasteiger partial charge in [0.05, 0.1) is 28.0 Å². The number of halogens is 2. The van der Waals surface area contributed by atoms with Crippen molar-refractivity contribution in [2.24, 2.45) is 0 Å². The molecule has 6 nitrogen and oxygen atoms in total. The van der Waals surface area contributed by atoms with Gasteiger partial charge >= 0.3 is 6.09 Å². The van der Waals surface area contributed by atoms with Gasteiger partial charge in [0.1, 0.15) is 17.6 Å². The number of nitrogens with zero attached hydrogens (tertiary/aromatic N) is 2. The highest BCUT2D eigenvalue weighted by molar-refractivity contribution is 6.35. The van der Waals surface area contributed by atoms with E-state index >= 15 is 0 Å². The zero-order valence-corrected chi connectivity index (χ0v) is 16.5. The zero-order chi connectivity index (χ0) is 19.9. The number of hydrogen-bond acceptors (Lipinski definition) is 4. The number of carbonyl (C=O) groups excluding carboxylic acids is 1. The van der Waals surface area contributed by atoms with Gasteiger partial charge in [-0.05, 0) is 39.3 Å². The minimum atomic E-state index is -1.11. The highest BCUT2D eigenvalue weighted by atomic mass is 35.5. The third kappa shape index (κ3) is 4.08. The van der Waals surface area contributed by atoms with Crippen molar-refractivity contribution in [3.05, 3.63) is 39.4 Å². The molecule has 1 saturated carbocycles. The molecule has 3 atom stereocenters. The van der Waals surface area contributed by atoms with E-state index in [0.717, 1.165) is 0 Å². The third-order valence-corrected chi connectivity index (χ3v) is 4.64. The van der Waals surface area contributed by atoms with E-state index in [-0.39, 0.29) is 16.8 Å². The average molecular weight is 396 g/mol. The smallest absolute Gasteiger partial charge is 0.408 e. The summed E-state index contributed by atoms with van der Waals surface area (Å²) in [5.41, 5.74) is -0.637. The predicted octanol–water partition coefficient (Wildman–Crippen LogP) is 4.31. The SMILES string of the molecule is CC[C@H](NC(=O)OC(C)(C)C)c1nc2cccc(Cl)c2c(=O)n1[C@@H]1C[C@@H]1F. The predicted molar refractivity (Wildman–Crippen MR) is 102 cm³/mol. The van der Waals surface area contributed by atoms with E-state index in [1.165, 1.54) is 4.57 Å². The summed E-state index contributed by atoms with van der Waals surface area (Å²) >= 11 is 6.18. The molecule has 1 aromatic heterocycles. The molecule has 8 heteroatoms. The fraction of sp³-hybridized carbons (Fsp3) is 0.526. The topological polar surface area (TPSA) is 73.2 Å². The van der Waals surface area contributed by atoms with Crippen molar-refractivity contribution in [3.63, 3.8) is 0 Å². The first kappa shape index (κ1) is 19.6. The van der Waals surface area contributed by atoms with Gasteiger partial charge in [0.25, 0.3) is 5.56 Å². The Kier molecular flexibility index (Phi) is 5.16. The summed E-state index contributed by atoms with van der Waals surface area (Å²) in [5, 5.41) is 3.28. The largest absolute Gasteiger partial charge is 0.444 e. The second-order valence-corrected chi connectivity index (χ2v) is 8.11. The maximum atomic E-state index is 13.8. The first-order chi connectivity index (χ1) is 12.6. The quantitative estimate of drug-likeness (QED) is 0.837. The van der Waals surface area contributed by atoms with Crippen LogP contribution in [-0.4, -0.2) is 27.4 Å². The first-order valence-electron chi connectivity index (χ1n) is 8.96. The lowest BCUT2D eigenvalue weighted by Crippen LogP contribution is -2.38. The molecule has 1 aromatic carbocycles. The average Bonchev–Trinajstić information content (AvgIpc) is 3.26. The number of nitrogens with one attached hydrogen (secondary N) is 1. The molecule has 1 aliphatic carbocycles. The summed E-state index contributed by atoms with van der Waals surface area (Å²) in [6.45, 7) is 7.13. The van der Waals surface area contributed by atoms with Gasteiger partial charge in [-0.25, -0.2) is 14.2 Å². The molecular formula is C19H23ClFN3O3. The van der Waals surface area contributed by atoms with E-state index in [1.807, 2.05) is 6.92 Å². The van der Waals surface area contributed by atoms with E-state index < -0.39 is 35.5 Å². The van der Waals surface area contributed by atoms with E-state index in [9.17, 15) is 14.0 Å². The molecule has 146 valence electrons. The molecule has 2 aromatic rings. The minimum absolute atomic E-state index is 0.243. The maximum Gasteiger partial charge on any atom is 0.408 e. The molecule has 0 aliphatic heterocycles. The number of alkyl carbamates (subject to hydrolysis) is 1. The van der Waals surface area contributed by atoms with Gasteiger partial charge in [-0.3, -0.25) is 9.36 Å². The maximum absolute atomic E-state index is 13.8. The highest BCUT2D eigenvalue weighted by Crippen LogP contribution is 2.40. The number of ether oxygens (including phenoxy) is 1. The van der Waals surface area contributed by atoms with Crippen LogP contribution in [0.5, 0.6) is 0 Å². The van der Waals surface area contributed by atoms with Crippen molar-refractivity contribution in [2.45, 2.75) is 64.4 Å². The number of rotatable bonds is 4. The van der Waals surface area contributed by atoms with Gasteiger partial charge in [0, 0.05) is 6.42 Å². The second-order valence-electron chi connectivity index (χ2n) is 7.71. The fourth-order valence-corrected chi connectivity index (χ4v) is 3.25. The first-order valence-corrected chi connectivity index (χ1v) is 9.34. The van der Waals surface area contributed by atoms with Gasteiger partial charge in [-0.2, -0.15) is 0 Å². The Morgan fingerprint density at radius 3 is 2.70 bits per heavy atom. The number of benzene rings is 1. The Morgan fingerprint density at radius 1 is 1.48 bits per heavy atom. The van der Waals surface area contributed by atoms with Crippen LogP contribution in [0.4, 0.5) is 9.18 Å². The lowest BCUT2D eigenvalue weighted by atomic mass is 10.1. The Morgan fingerprint density at radius 2 is 2.15 bits per heavy atom. The number of fused-ring (bicyclic) bond motifs is 1. The monoisotopic (exact) mass is 395 g/mol. The molecule has 3 rings (SSSR count). The van der Waals surface area contributed by atoms with Crippen molar-refractivity contribution in [3.8, 4) is 0 Å². The molecular weight excluding hydrogens is 373 g/mol. The number of alkyl halides is 1. The van der Waals surface area contributed by atoms with Crippen LogP contribution >= 0.6 is 11.6 Å². The van der Waals surface area contributed by atoms with Gasteiger partial charge in [0.2, 0.25) is 0 Å². The third-order valence-electron chi connectivity index (χ3n) is 4.33. The van der Waals surface area contributed by atoms with Crippen LogP contribution in [0.2, 0.25) is 5.02 Å². The van der Waals surface area contributed by atoms with Crippen molar-refractivity contribution >= 4 is 28.6 Å². The molecule has 1 heterocycles. The van der Waals surface area contributed by atoms with Crippen LogP contribution in [0, 0.1) is 0 Å². The molecule has 27 heavy (non-hydrogen) atoms.